The first-order valence-corrected chi connectivity index (χ1v) is 7.26. The van der Waals surface area contributed by atoms with Crippen LogP contribution in [0.4, 0.5) is 0 Å². The lowest BCUT2D eigenvalue weighted by Crippen LogP contribution is -2.15. The second-order valence-corrected chi connectivity index (χ2v) is 5.19. The van der Waals surface area contributed by atoms with E-state index in [2.05, 4.69) is 18.2 Å². The Bertz CT molecular complexity index is 1110. The van der Waals surface area contributed by atoms with Crippen LogP contribution in [-0.2, 0) is 4.79 Å². The number of benzene rings is 3. The van der Waals surface area contributed by atoms with Gasteiger partial charge in [-0.2, -0.15) is 0 Å². The van der Waals surface area contributed by atoms with Gasteiger partial charge in [-0.05, 0) is 57.4 Å². The highest BCUT2D eigenvalue weighted by molar-refractivity contribution is 6.50. The van der Waals surface area contributed by atoms with Crippen molar-refractivity contribution < 1.29 is 9.59 Å². The number of ketones is 2. The van der Waals surface area contributed by atoms with Crippen LogP contribution in [-0.4, -0.2) is 11.6 Å². The third-order valence-electron chi connectivity index (χ3n) is 3.76. The Morgan fingerprint density at radius 1 is 0.654 bits per heavy atom. The van der Waals surface area contributed by atoms with E-state index < -0.39 is 11.6 Å². The number of hydrogen-bond acceptors (Lipinski definition) is 2. The van der Waals surface area contributed by atoms with Gasteiger partial charge in [-0.25, -0.2) is 0 Å². The maximum absolute atomic E-state index is 11.9. The van der Waals surface area contributed by atoms with Crippen molar-refractivity contribution in [2.75, 3.05) is 0 Å². The molecule has 0 spiro atoms. The minimum absolute atomic E-state index is 0.419. The molecular formula is C18H10N6O2-2. The van der Waals surface area contributed by atoms with E-state index in [0.29, 0.717) is 5.56 Å². The third kappa shape index (κ3) is 3.68. The highest BCUT2D eigenvalue weighted by atomic mass is 16.2. The van der Waals surface area contributed by atoms with Gasteiger partial charge in [0.05, 0.1) is 0 Å². The predicted molar refractivity (Wildman–Crippen MR) is 100.0 cm³/mol. The first kappa shape index (κ1) is 18.2. The van der Waals surface area contributed by atoms with Gasteiger partial charge in [-0.15, -0.1) is 0 Å². The van der Waals surface area contributed by atoms with E-state index >= 15 is 0 Å². The van der Waals surface area contributed by atoms with E-state index in [4.69, 9.17) is 22.1 Å². The molecule has 0 radical (unpaired) electrons. The Kier molecular flexibility index (Phi) is 5.69. The fourth-order valence-electron chi connectivity index (χ4n) is 2.72. The molecule has 1 aliphatic rings. The van der Waals surface area contributed by atoms with Crippen molar-refractivity contribution >= 4 is 39.2 Å². The molecule has 0 saturated heterocycles. The summed E-state index contributed by atoms with van der Waals surface area (Å²) in [6, 6.07) is 16.1. The Morgan fingerprint density at radius 3 is 1.69 bits per heavy atom. The molecule has 0 saturated carbocycles. The Labute approximate surface area is 147 Å². The topological polar surface area (TPSA) is 152 Å². The van der Waals surface area contributed by atoms with E-state index in [9.17, 15) is 9.59 Å². The van der Waals surface area contributed by atoms with Crippen LogP contribution in [0.2, 0.25) is 0 Å². The zero-order valence-electron chi connectivity index (χ0n) is 13.3. The molecule has 0 aromatic heterocycles. The van der Waals surface area contributed by atoms with E-state index in [-0.39, 0.29) is 0 Å². The van der Waals surface area contributed by atoms with Crippen molar-refractivity contribution in [3.05, 3.63) is 97.7 Å². The van der Waals surface area contributed by atoms with Gasteiger partial charge in [0.1, 0.15) is 0 Å². The molecule has 0 amide bonds. The molecule has 0 atom stereocenters. The van der Waals surface area contributed by atoms with Crippen LogP contribution >= 0.6 is 0 Å². The maximum Gasteiger partial charge on any atom is 0.233 e. The van der Waals surface area contributed by atoms with Crippen molar-refractivity contribution in [2.45, 2.75) is 0 Å². The van der Waals surface area contributed by atoms with Crippen molar-refractivity contribution in [3.63, 3.8) is 0 Å². The van der Waals surface area contributed by atoms with E-state index in [1.54, 1.807) is 6.08 Å². The van der Waals surface area contributed by atoms with Crippen molar-refractivity contribution in [2.24, 2.45) is 0 Å². The molecule has 0 aliphatic heterocycles. The SMILES string of the molecule is O=C1C=Cc2cc3cc4ccccc4cc3cc2C1=O.[N-]=[N+]=[N-].[N-]=[N+]=[N-]. The fourth-order valence-corrected chi connectivity index (χ4v) is 2.72. The van der Waals surface area contributed by atoms with Crippen LogP contribution in [0.3, 0.4) is 0 Å². The van der Waals surface area contributed by atoms with Gasteiger partial charge >= 0.3 is 0 Å². The highest BCUT2D eigenvalue weighted by Gasteiger charge is 2.21. The van der Waals surface area contributed by atoms with E-state index in [1.165, 1.54) is 21.3 Å². The fraction of sp³-hybridized carbons (Fsp3) is 0. The highest BCUT2D eigenvalue weighted by Crippen LogP contribution is 2.28. The number of carbonyl (C=O) groups excluding carboxylic acids is 2. The normalized spacial score (nSPS) is 11.4. The summed E-state index contributed by atoms with van der Waals surface area (Å²) >= 11 is 0. The molecule has 1 aliphatic carbocycles. The van der Waals surface area contributed by atoms with Crippen molar-refractivity contribution in [1.82, 2.24) is 0 Å². The number of fused-ring (bicyclic) bond motifs is 3. The molecule has 8 heteroatoms. The molecule has 126 valence electrons. The minimum Gasteiger partial charge on any atom is -0.373 e. The molecule has 0 fully saturated rings. The Hall–Kier alpha value is -4.12. The number of hydrogen-bond donors (Lipinski definition) is 0. The first-order chi connectivity index (χ1) is 12.5. The second kappa shape index (κ2) is 8.12. The van der Waals surface area contributed by atoms with Gasteiger partial charge < -0.3 is 22.1 Å². The molecule has 0 bridgehead atoms. The molecule has 0 N–H and O–H groups in total. The summed E-state index contributed by atoms with van der Waals surface area (Å²) < 4.78 is 0. The molecule has 3 aromatic carbocycles. The molecule has 4 rings (SSSR count). The van der Waals surface area contributed by atoms with Crippen LogP contribution in [0.5, 0.6) is 0 Å². The second-order valence-electron chi connectivity index (χ2n) is 5.19. The minimum atomic E-state index is -0.447. The summed E-state index contributed by atoms with van der Waals surface area (Å²) in [5.41, 5.74) is 28.3. The monoisotopic (exact) mass is 342 g/mol. The lowest BCUT2D eigenvalue weighted by atomic mass is 9.91. The Morgan fingerprint density at radius 2 is 1.15 bits per heavy atom. The number of Topliss-reactive ketones (excluding diaryl/α,β-unsaturated/α-hetero) is 1. The maximum atomic E-state index is 11.9. The molecule has 8 nitrogen and oxygen atoms in total. The van der Waals surface area contributed by atoms with Crippen LogP contribution in [0.15, 0.2) is 54.6 Å². The van der Waals surface area contributed by atoms with Crippen LogP contribution in [0, 0.1) is 0 Å². The summed E-state index contributed by atoms with van der Waals surface area (Å²) in [7, 11) is 0. The van der Waals surface area contributed by atoms with Gasteiger partial charge in [-0.1, -0.05) is 30.3 Å². The van der Waals surface area contributed by atoms with Crippen molar-refractivity contribution in [3.8, 4) is 0 Å². The van der Waals surface area contributed by atoms with Gasteiger partial charge in [0.25, 0.3) is 0 Å². The number of rotatable bonds is 0. The quantitative estimate of drug-likeness (QED) is 0.174. The molecule has 0 heterocycles. The summed E-state index contributed by atoms with van der Waals surface area (Å²) in [4.78, 5) is 26.4. The zero-order valence-corrected chi connectivity index (χ0v) is 13.3. The lowest BCUT2D eigenvalue weighted by molar-refractivity contribution is -0.110. The van der Waals surface area contributed by atoms with Crippen LogP contribution < -0.4 is 0 Å². The van der Waals surface area contributed by atoms with Crippen LogP contribution in [0.1, 0.15) is 15.9 Å². The molecule has 0 unspecified atom stereocenters. The van der Waals surface area contributed by atoms with Gasteiger partial charge in [-0.3, -0.25) is 19.4 Å². The first-order valence-electron chi connectivity index (χ1n) is 7.26. The lowest BCUT2D eigenvalue weighted by Gasteiger charge is -2.11. The number of allylic oxidation sites excluding steroid dienone is 1. The predicted octanol–water partition coefficient (Wildman–Crippen LogP) is 5.50. The largest absolute Gasteiger partial charge is 0.373 e. The average Bonchev–Trinajstić information content (AvgIpc) is 2.63. The number of nitrogens with zero attached hydrogens (tertiary/aromatic N) is 6. The number of carbonyl (C=O) groups is 2. The van der Waals surface area contributed by atoms with E-state index in [1.807, 2.05) is 30.3 Å². The summed E-state index contributed by atoms with van der Waals surface area (Å²) in [5.74, 6) is -0.866. The molecule has 3 aromatic rings. The standard InChI is InChI=1S/C18H10O2.2N3/c19-17-6-5-13-9-14-7-11-3-1-2-4-12(11)8-15(14)10-16(13)18(17)20;2*1-3-2/h1-10H;;/q;2*-1. The molecular weight excluding hydrogens is 332 g/mol. The average molecular weight is 342 g/mol. The summed E-state index contributed by atoms with van der Waals surface area (Å²) in [6.45, 7) is 0. The Balaban J connectivity index is 0.000000361. The third-order valence-corrected chi connectivity index (χ3v) is 3.76. The summed E-state index contributed by atoms with van der Waals surface area (Å²) in [6.07, 6.45) is 3.06. The van der Waals surface area contributed by atoms with E-state index in [0.717, 1.165) is 21.7 Å². The van der Waals surface area contributed by atoms with Crippen molar-refractivity contribution in [1.29, 1.82) is 0 Å². The van der Waals surface area contributed by atoms with Gasteiger partial charge in [0.15, 0.2) is 0 Å². The molecule has 26 heavy (non-hydrogen) atoms. The summed E-state index contributed by atoms with van der Waals surface area (Å²) in [5, 5.41) is 4.36. The van der Waals surface area contributed by atoms with Gasteiger partial charge in [0.2, 0.25) is 11.6 Å². The zero-order chi connectivity index (χ0) is 19.1. The van der Waals surface area contributed by atoms with Gasteiger partial charge in [0, 0.05) is 5.56 Å². The smallest absolute Gasteiger partial charge is 0.233 e. The van der Waals surface area contributed by atoms with Crippen LogP contribution in [0.25, 0.3) is 59.6 Å².